The van der Waals surface area contributed by atoms with Crippen molar-refractivity contribution >= 4 is 21.7 Å². The fourth-order valence-corrected chi connectivity index (χ4v) is 2.35. The lowest BCUT2D eigenvalue weighted by molar-refractivity contribution is 0.0884. The van der Waals surface area contributed by atoms with Crippen LogP contribution in [0.4, 0.5) is 0 Å². The number of carbonyl (C=O) groups is 1. The van der Waals surface area contributed by atoms with Crippen molar-refractivity contribution in [2.24, 2.45) is 5.92 Å². The average molecular weight is 286 g/mol. The largest absolute Gasteiger partial charge is 0.491 e. The molecule has 2 rings (SSSR count). The average Bonchev–Trinajstić information content (AvgIpc) is 2.26. The topological polar surface area (TPSA) is 48.3 Å². The van der Waals surface area contributed by atoms with E-state index in [4.69, 9.17) is 4.74 Å². The minimum absolute atomic E-state index is 0.0206. The molecule has 1 atom stereocenters. The van der Waals surface area contributed by atoms with Crippen LogP contribution in [0.3, 0.4) is 0 Å². The zero-order valence-corrected chi connectivity index (χ0v) is 10.7. The molecule has 0 bridgehead atoms. The number of pyridine rings is 1. The van der Waals surface area contributed by atoms with Gasteiger partial charge in [0.2, 0.25) is 5.43 Å². The normalized spacial score (nSPS) is 19.4. The van der Waals surface area contributed by atoms with Crippen LogP contribution in [0.2, 0.25) is 0 Å². The Labute approximate surface area is 101 Å². The van der Waals surface area contributed by atoms with Crippen LogP contribution in [-0.2, 0) is 6.54 Å². The zero-order chi connectivity index (χ0) is 11.9. The van der Waals surface area contributed by atoms with Crippen LogP contribution in [0.15, 0.2) is 15.5 Å². The van der Waals surface area contributed by atoms with Gasteiger partial charge in [0.15, 0.2) is 11.5 Å². The minimum Gasteiger partial charge on any atom is -0.491 e. The zero-order valence-electron chi connectivity index (χ0n) is 9.12. The van der Waals surface area contributed by atoms with Gasteiger partial charge in [-0.15, -0.1) is 0 Å². The number of rotatable bonds is 1. The van der Waals surface area contributed by atoms with Crippen LogP contribution >= 0.6 is 15.9 Å². The number of aryl methyl sites for hydroxylation is 1. The molecule has 0 amide bonds. The number of hydrogen-bond acceptors (Lipinski definition) is 3. The van der Waals surface area contributed by atoms with Gasteiger partial charge in [-0.25, -0.2) is 0 Å². The maximum absolute atomic E-state index is 12.0. The van der Waals surface area contributed by atoms with E-state index in [-0.39, 0.29) is 22.9 Å². The smallest absolute Gasteiger partial charge is 0.238 e. The summed E-state index contributed by atoms with van der Waals surface area (Å²) in [7, 11) is 1.41. The molecule has 0 fully saturated rings. The van der Waals surface area contributed by atoms with Gasteiger partial charge in [-0.2, -0.15) is 0 Å². The molecule has 0 N–H and O–H groups in total. The molecule has 1 aliphatic heterocycles. The molecule has 1 aromatic heterocycles. The SMILES string of the molecule is COc1c2n(cc(Br)c1=O)CCC(C)C2=O. The Kier molecular flexibility index (Phi) is 2.88. The van der Waals surface area contributed by atoms with Gasteiger partial charge >= 0.3 is 0 Å². The van der Waals surface area contributed by atoms with E-state index in [2.05, 4.69) is 15.9 Å². The van der Waals surface area contributed by atoms with E-state index in [1.165, 1.54) is 7.11 Å². The van der Waals surface area contributed by atoms with Crippen molar-refractivity contribution in [3.05, 3.63) is 26.6 Å². The number of hydrogen-bond donors (Lipinski definition) is 0. The molecular formula is C11H12BrNO3. The highest BCUT2D eigenvalue weighted by Crippen LogP contribution is 2.26. The first kappa shape index (κ1) is 11.4. The molecule has 1 aliphatic rings. The van der Waals surface area contributed by atoms with Gasteiger partial charge < -0.3 is 9.30 Å². The van der Waals surface area contributed by atoms with E-state index in [1.54, 1.807) is 10.8 Å². The number of aromatic nitrogens is 1. The second kappa shape index (κ2) is 4.05. The summed E-state index contributed by atoms with van der Waals surface area (Å²) in [5.74, 6) is 0.0769. The molecule has 0 radical (unpaired) electrons. The molecule has 1 unspecified atom stereocenters. The lowest BCUT2D eigenvalue weighted by Gasteiger charge is -2.24. The third-order valence-corrected chi connectivity index (χ3v) is 3.45. The lowest BCUT2D eigenvalue weighted by atomic mass is 9.95. The van der Waals surface area contributed by atoms with E-state index in [0.29, 0.717) is 10.2 Å². The number of ether oxygens (including phenoxy) is 1. The quantitative estimate of drug-likeness (QED) is 0.791. The first-order valence-electron chi connectivity index (χ1n) is 5.07. The Morgan fingerprint density at radius 3 is 2.81 bits per heavy atom. The Morgan fingerprint density at radius 2 is 2.19 bits per heavy atom. The van der Waals surface area contributed by atoms with Crippen molar-refractivity contribution in [3.63, 3.8) is 0 Å². The first-order valence-corrected chi connectivity index (χ1v) is 5.86. The highest BCUT2D eigenvalue weighted by atomic mass is 79.9. The van der Waals surface area contributed by atoms with Gasteiger partial charge in [-0.1, -0.05) is 6.92 Å². The molecule has 1 aromatic rings. The molecule has 86 valence electrons. The Morgan fingerprint density at radius 1 is 1.50 bits per heavy atom. The molecule has 0 saturated carbocycles. The summed E-state index contributed by atoms with van der Waals surface area (Å²) in [6, 6.07) is 0. The molecule has 4 nitrogen and oxygen atoms in total. The molecule has 5 heteroatoms. The minimum atomic E-state index is -0.267. The fourth-order valence-electron chi connectivity index (χ4n) is 1.92. The molecular weight excluding hydrogens is 274 g/mol. The maximum atomic E-state index is 12.0. The summed E-state index contributed by atoms with van der Waals surface area (Å²) in [5, 5.41) is 0. The second-order valence-corrected chi connectivity index (χ2v) is 4.79. The Hall–Kier alpha value is -1.10. The Balaban J connectivity index is 2.74. The summed E-state index contributed by atoms with van der Waals surface area (Å²) in [4.78, 5) is 23.8. The van der Waals surface area contributed by atoms with Crippen molar-refractivity contribution in [1.29, 1.82) is 0 Å². The van der Waals surface area contributed by atoms with Crippen LogP contribution in [-0.4, -0.2) is 17.5 Å². The highest BCUT2D eigenvalue weighted by molar-refractivity contribution is 9.10. The predicted octanol–water partition coefficient (Wildman–Crippen LogP) is 1.84. The van der Waals surface area contributed by atoms with Gasteiger partial charge in [0.05, 0.1) is 11.6 Å². The summed E-state index contributed by atoms with van der Waals surface area (Å²) >= 11 is 3.18. The third-order valence-electron chi connectivity index (χ3n) is 2.88. The van der Waals surface area contributed by atoms with Crippen LogP contribution < -0.4 is 10.2 Å². The summed E-state index contributed by atoms with van der Waals surface area (Å²) in [5.41, 5.74) is 0.130. The molecule has 2 heterocycles. The second-order valence-electron chi connectivity index (χ2n) is 3.94. The molecule has 16 heavy (non-hydrogen) atoms. The number of fused-ring (bicyclic) bond motifs is 1. The van der Waals surface area contributed by atoms with Crippen LogP contribution in [0.5, 0.6) is 5.75 Å². The van der Waals surface area contributed by atoms with Gasteiger partial charge in [-0.3, -0.25) is 9.59 Å². The highest BCUT2D eigenvalue weighted by Gasteiger charge is 2.29. The van der Waals surface area contributed by atoms with E-state index in [1.807, 2.05) is 6.92 Å². The van der Waals surface area contributed by atoms with Crippen molar-refractivity contribution < 1.29 is 9.53 Å². The number of Topliss-reactive ketones (excluding diaryl/α,β-unsaturated/α-hetero) is 1. The van der Waals surface area contributed by atoms with Gasteiger partial charge in [0.25, 0.3) is 0 Å². The van der Waals surface area contributed by atoms with Gasteiger partial charge in [0, 0.05) is 18.7 Å². The monoisotopic (exact) mass is 285 g/mol. The predicted molar refractivity (Wildman–Crippen MR) is 63.1 cm³/mol. The van der Waals surface area contributed by atoms with Crippen LogP contribution in [0, 0.1) is 5.92 Å². The molecule has 0 aliphatic carbocycles. The number of ketones is 1. The lowest BCUT2D eigenvalue weighted by Crippen LogP contribution is -2.29. The number of nitrogens with zero attached hydrogens (tertiary/aromatic N) is 1. The third kappa shape index (κ3) is 1.59. The van der Waals surface area contributed by atoms with Gasteiger partial charge in [0.1, 0.15) is 5.69 Å². The first-order chi connectivity index (χ1) is 7.56. The van der Waals surface area contributed by atoms with E-state index in [9.17, 15) is 9.59 Å². The maximum Gasteiger partial charge on any atom is 0.238 e. The van der Waals surface area contributed by atoms with Crippen molar-refractivity contribution in [2.75, 3.05) is 7.11 Å². The number of carbonyl (C=O) groups excluding carboxylic acids is 1. The van der Waals surface area contributed by atoms with Crippen molar-refractivity contribution in [1.82, 2.24) is 4.57 Å². The fraction of sp³-hybridized carbons (Fsp3) is 0.455. The number of methoxy groups -OCH3 is 1. The standard InChI is InChI=1S/C11H12BrNO3/c1-6-3-4-13-5-7(12)10(15)11(16-2)8(13)9(6)14/h5-6H,3-4H2,1-2H3. The van der Waals surface area contributed by atoms with Gasteiger partial charge in [-0.05, 0) is 22.4 Å². The van der Waals surface area contributed by atoms with Crippen molar-refractivity contribution in [2.45, 2.75) is 19.9 Å². The summed E-state index contributed by atoms with van der Waals surface area (Å²) in [6.07, 6.45) is 2.45. The van der Waals surface area contributed by atoms with E-state index < -0.39 is 0 Å². The van der Waals surface area contributed by atoms with Crippen LogP contribution in [0.25, 0.3) is 0 Å². The van der Waals surface area contributed by atoms with Crippen molar-refractivity contribution in [3.8, 4) is 5.75 Å². The molecule has 0 aromatic carbocycles. The van der Waals surface area contributed by atoms with E-state index in [0.717, 1.165) is 13.0 Å². The molecule has 0 saturated heterocycles. The van der Waals surface area contributed by atoms with Crippen LogP contribution in [0.1, 0.15) is 23.8 Å². The Bertz CT molecular complexity index is 507. The van der Waals surface area contributed by atoms with E-state index >= 15 is 0 Å². The molecule has 0 spiro atoms. The number of halogens is 1. The summed E-state index contributed by atoms with van der Waals surface area (Å²) < 4.78 is 7.27. The summed E-state index contributed by atoms with van der Waals surface area (Å²) in [6.45, 7) is 2.61.